The molecular formula is C21H32BrNO5SSi. The lowest BCUT2D eigenvalue weighted by Gasteiger charge is -2.42. The maximum Gasteiger partial charge on any atom is 0.311 e. The third-order valence-electron chi connectivity index (χ3n) is 6.63. The molecule has 2 aliphatic rings. The summed E-state index contributed by atoms with van der Waals surface area (Å²) < 4.78 is 28.0. The lowest BCUT2D eigenvalue weighted by atomic mass is 9.65. The fourth-order valence-electron chi connectivity index (χ4n) is 5.07. The molecule has 1 aromatic rings. The van der Waals surface area contributed by atoms with Gasteiger partial charge in [-0.3, -0.25) is 9.63 Å². The molecule has 1 aromatic carbocycles. The first-order valence-electron chi connectivity index (χ1n) is 10.5. The molecule has 0 aliphatic heterocycles. The topological polar surface area (TPSA) is 83.9 Å². The summed E-state index contributed by atoms with van der Waals surface area (Å²) in [5, 5.41) is 10.0. The Morgan fingerprint density at radius 3 is 2.47 bits per heavy atom. The minimum absolute atomic E-state index is 0.107. The minimum atomic E-state index is -3.51. The summed E-state index contributed by atoms with van der Waals surface area (Å²) in [5.74, 6) is -1.24. The Hall–Kier alpha value is -0.743. The Bertz CT molecular complexity index is 906. The summed E-state index contributed by atoms with van der Waals surface area (Å²) in [6.45, 7) is 6.48. The van der Waals surface area contributed by atoms with Crippen LogP contribution in [-0.2, 0) is 26.1 Å². The van der Waals surface area contributed by atoms with Crippen LogP contribution < -0.4 is 0 Å². The van der Waals surface area contributed by atoms with E-state index in [1.807, 2.05) is 18.2 Å². The quantitative estimate of drug-likeness (QED) is 0.420. The molecular weight excluding hydrogens is 486 g/mol. The molecule has 9 heteroatoms. The molecule has 0 amide bonds. The van der Waals surface area contributed by atoms with E-state index in [1.165, 1.54) is 11.6 Å². The predicted octanol–water partition coefficient (Wildman–Crippen LogP) is 4.63. The van der Waals surface area contributed by atoms with Crippen LogP contribution >= 0.6 is 15.9 Å². The zero-order valence-corrected chi connectivity index (χ0v) is 21.6. The largest absolute Gasteiger partial charge is 0.481 e. The SMILES string of the molecule is CON(C1CCC2(CC1)Cc1ccc(Br)cc1C2C(=O)O)S(=O)(=O)CC[Si](C)(C)C. The number of nitrogens with zero attached hydrogens (tertiary/aromatic N) is 1. The second kappa shape index (κ2) is 8.65. The highest BCUT2D eigenvalue weighted by Gasteiger charge is 2.52. The Kier molecular flexibility index (Phi) is 6.90. The van der Waals surface area contributed by atoms with Gasteiger partial charge in [0.2, 0.25) is 10.0 Å². The monoisotopic (exact) mass is 517 g/mol. The first kappa shape index (κ1) is 23.9. The van der Waals surface area contributed by atoms with E-state index >= 15 is 0 Å². The van der Waals surface area contributed by atoms with Gasteiger partial charge in [-0.15, -0.1) is 0 Å². The molecule has 1 saturated carbocycles. The second-order valence-electron chi connectivity index (χ2n) is 9.95. The zero-order chi connectivity index (χ0) is 22.3. The van der Waals surface area contributed by atoms with Gasteiger partial charge >= 0.3 is 5.97 Å². The van der Waals surface area contributed by atoms with Gasteiger partial charge in [-0.25, -0.2) is 8.42 Å². The van der Waals surface area contributed by atoms with Crippen LogP contribution in [0.5, 0.6) is 0 Å². The van der Waals surface area contributed by atoms with Crippen LogP contribution in [0.4, 0.5) is 0 Å². The Morgan fingerprint density at radius 1 is 1.30 bits per heavy atom. The highest BCUT2D eigenvalue weighted by Crippen LogP contribution is 2.56. The highest BCUT2D eigenvalue weighted by atomic mass is 79.9. The van der Waals surface area contributed by atoms with E-state index in [2.05, 4.69) is 35.6 Å². The smallest absolute Gasteiger partial charge is 0.311 e. The van der Waals surface area contributed by atoms with Crippen molar-refractivity contribution in [2.24, 2.45) is 5.41 Å². The lowest BCUT2D eigenvalue weighted by Crippen LogP contribution is -2.46. The Morgan fingerprint density at radius 2 is 1.93 bits per heavy atom. The average molecular weight is 519 g/mol. The van der Waals surface area contributed by atoms with Gasteiger partial charge in [0.05, 0.1) is 24.8 Å². The number of rotatable bonds is 7. The van der Waals surface area contributed by atoms with E-state index in [9.17, 15) is 18.3 Å². The van der Waals surface area contributed by atoms with Crippen LogP contribution in [0, 0.1) is 5.41 Å². The van der Waals surface area contributed by atoms with Crippen molar-refractivity contribution in [1.29, 1.82) is 0 Å². The molecule has 0 aromatic heterocycles. The Labute approximate surface area is 189 Å². The zero-order valence-electron chi connectivity index (χ0n) is 18.2. The number of hydroxylamine groups is 1. The van der Waals surface area contributed by atoms with E-state index in [1.54, 1.807) is 0 Å². The second-order valence-corrected chi connectivity index (χ2v) is 18.4. The van der Waals surface area contributed by atoms with Gasteiger partial charge in [-0.05, 0) is 66.8 Å². The summed E-state index contributed by atoms with van der Waals surface area (Å²) in [6, 6.07) is 6.35. The average Bonchev–Trinajstić information content (AvgIpc) is 2.94. The van der Waals surface area contributed by atoms with E-state index in [0.29, 0.717) is 31.7 Å². The fraction of sp³-hybridized carbons (Fsp3) is 0.667. The van der Waals surface area contributed by atoms with Gasteiger partial charge in [-0.1, -0.05) is 46.1 Å². The third kappa shape index (κ3) is 4.85. The molecule has 1 unspecified atom stereocenters. The van der Waals surface area contributed by atoms with Crippen molar-refractivity contribution < 1.29 is 23.2 Å². The molecule has 1 spiro atoms. The first-order chi connectivity index (χ1) is 13.9. The molecule has 1 N–H and O–H groups in total. The summed E-state index contributed by atoms with van der Waals surface area (Å²) >= 11 is 3.46. The first-order valence-corrected chi connectivity index (χ1v) is 16.6. The number of hydrogen-bond donors (Lipinski definition) is 1. The summed E-state index contributed by atoms with van der Waals surface area (Å²) in [6.07, 6.45) is 3.29. The molecule has 1 atom stereocenters. The number of benzene rings is 1. The number of aliphatic carboxylic acids is 1. The number of sulfonamides is 1. The van der Waals surface area contributed by atoms with Gasteiger partial charge in [-0.2, -0.15) is 0 Å². The molecule has 3 rings (SSSR count). The molecule has 6 nitrogen and oxygen atoms in total. The van der Waals surface area contributed by atoms with Gasteiger partial charge in [0.1, 0.15) is 0 Å². The van der Waals surface area contributed by atoms with Crippen LogP contribution in [0.15, 0.2) is 22.7 Å². The van der Waals surface area contributed by atoms with Crippen LogP contribution in [0.25, 0.3) is 0 Å². The summed E-state index contributed by atoms with van der Waals surface area (Å²) in [4.78, 5) is 17.6. The number of carbonyl (C=O) groups is 1. The number of hydrogen-bond acceptors (Lipinski definition) is 4. The van der Waals surface area contributed by atoms with Crippen molar-refractivity contribution in [2.75, 3.05) is 12.9 Å². The molecule has 0 bridgehead atoms. The van der Waals surface area contributed by atoms with Crippen molar-refractivity contribution in [2.45, 2.75) is 69.7 Å². The third-order valence-corrected chi connectivity index (χ3v) is 11.0. The Balaban J connectivity index is 1.77. The molecule has 30 heavy (non-hydrogen) atoms. The van der Waals surface area contributed by atoms with E-state index < -0.39 is 30.0 Å². The molecule has 1 fully saturated rings. The van der Waals surface area contributed by atoms with Crippen LogP contribution in [0.2, 0.25) is 25.7 Å². The number of carboxylic acid groups (broad SMARTS) is 1. The molecule has 0 heterocycles. The van der Waals surface area contributed by atoms with Crippen molar-refractivity contribution in [3.8, 4) is 0 Å². The highest BCUT2D eigenvalue weighted by molar-refractivity contribution is 9.10. The van der Waals surface area contributed by atoms with Crippen molar-refractivity contribution in [1.82, 2.24) is 4.47 Å². The van der Waals surface area contributed by atoms with Crippen LogP contribution in [0.3, 0.4) is 0 Å². The predicted molar refractivity (Wildman–Crippen MR) is 124 cm³/mol. The van der Waals surface area contributed by atoms with Crippen LogP contribution in [-0.4, -0.2) is 50.9 Å². The normalized spacial score (nSPS) is 26.9. The fourth-order valence-corrected chi connectivity index (χ4v) is 10.0. The molecule has 0 radical (unpaired) electrons. The van der Waals surface area contributed by atoms with Crippen molar-refractivity contribution in [3.63, 3.8) is 0 Å². The maximum atomic E-state index is 12.9. The van der Waals surface area contributed by atoms with Gasteiger partial charge in [0, 0.05) is 12.5 Å². The van der Waals surface area contributed by atoms with Crippen molar-refractivity contribution >= 4 is 40.0 Å². The summed E-state index contributed by atoms with van der Waals surface area (Å²) in [5.41, 5.74) is 1.63. The van der Waals surface area contributed by atoms with Gasteiger partial charge in [0.15, 0.2) is 0 Å². The van der Waals surface area contributed by atoms with E-state index in [4.69, 9.17) is 4.84 Å². The summed E-state index contributed by atoms with van der Waals surface area (Å²) in [7, 11) is -3.58. The van der Waals surface area contributed by atoms with E-state index in [-0.39, 0.29) is 17.2 Å². The minimum Gasteiger partial charge on any atom is -0.481 e. The molecule has 0 saturated heterocycles. The standard InChI is InChI=1S/C21H32BrNO5SSi/c1-28-23(29(26,27)11-12-30(2,3)4)17-7-9-21(10-8-17)14-15-5-6-16(22)13-18(15)19(21)20(24)25/h5-6,13,17,19H,7-12,14H2,1-4H3,(H,24,25). The van der Waals surface area contributed by atoms with Crippen LogP contribution in [0.1, 0.15) is 42.7 Å². The van der Waals surface area contributed by atoms with E-state index in [0.717, 1.165) is 22.0 Å². The van der Waals surface area contributed by atoms with Crippen molar-refractivity contribution in [3.05, 3.63) is 33.8 Å². The molecule has 2 aliphatic carbocycles. The van der Waals surface area contributed by atoms with Gasteiger partial charge in [0.25, 0.3) is 0 Å². The van der Waals surface area contributed by atoms with Gasteiger partial charge < -0.3 is 5.11 Å². The molecule has 168 valence electrons. The number of halogens is 1. The number of fused-ring (bicyclic) bond motifs is 1. The maximum absolute atomic E-state index is 12.9. The number of carboxylic acids is 1. The lowest BCUT2D eigenvalue weighted by molar-refractivity contribution is -0.144.